The number of benzene rings is 3. The second-order valence-electron chi connectivity index (χ2n) is 14.0. The summed E-state index contributed by atoms with van der Waals surface area (Å²) in [5.41, 5.74) is 0.0458. The molecule has 1 spiro atoms. The van der Waals surface area contributed by atoms with Crippen LogP contribution in [0.5, 0.6) is 11.8 Å². The van der Waals surface area contributed by atoms with E-state index in [4.69, 9.17) is 21.1 Å². The molecular formula is C36H34F3N7O2. The van der Waals surface area contributed by atoms with E-state index in [-0.39, 0.29) is 51.5 Å². The molecule has 3 saturated heterocycles. The smallest absolute Gasteiger partial charge is 0.319 e. The van der Waals surface area contributed by atoms with Gasteiger partial charge in [0.25, 0.3) is 0 Å². The lowest BCUT2D eigenvalue weighted by Gasteiger charge is -2.35. The van der Waals surface area contributed by atoms with Gasteiger partial charge in [-0.3, -0.25) is 9.58 Å². The second kappa shape index (κ2) is 10.4. The number of fused-ring (bicyclic) bond motifs is 5. The fourth-order valence-electron chi connectivity index (χ4n) is 8.49. The van der Waals surface area contributed by atoms with E-state index in [1.807, 2.05) is 0 Å². The number of aromatic hydroxyl groups is 1. The van der Waals surface area contributed by atoms with E-state index < -0.39 is 23.3 Å². The van der Waals surface area contributed by atoms with Crippen molar-refractivity contribution in [3.63, 3.8) is 0 Å². The molecule has 3 aliphatic heterocycles. The average molecular weight is 654 g/mol. The molecule has 2 N–H and O–H groups in total. The van der Waals surface area contributed by atoms with Crippen molar-refractivity contribution in [3.8, 4) is 35.2 Å². The first-order chi connectivity index (χ1) is 23.2. The highest BCUT2D eigenvalue weighted by molar-refractivity contribution is 6.18. The Hall–Kier alpha value is -4.60. The Morgan fingerprint density at radius 3 is 2.79 bits per heavy atom. The Labute approximate surface area is 274 Å². The molecule has 9 rings (SSSR count). The fraction of sp³-hybridized carbons (Fsp3) is 0.417. The normalized spacial score (nSPS) is 23.4. The van der Waals surface area contributed by atoms with Crippen LogP contribution in [0.4, 0.5) is 19.0 Å². The molecule has 1 aliphatic carbocycles. The zero-order valence-electron chi connectivity index (χ0n) is 26.5. The number of ether oxygens (including phenoxy) is 1. The highest BCUT2D eigenvalue weighted by Crippen LogP contribution is 2.47. The number of nitrogens with zero attached hydrogens (tertiary/aromatic N) is 6. The van der Waals surface area contributed by atoms with Gasteiger partial charge < -0.3 is 20.1 Å². The number of anilines is 1. The lowest BCUT2D eigenvalue weighted by atomic mass is 9.91. The summed E-state index contributed by atoms with van der Waals surface area (Å²) in [6.07, 6.45) is 10.9. The third-order valence-electron chi connectivity index (χ3n) is 10.9. The topological polar surface area (TPSA) is 91.6 Å². The number of nitrogens with one attached hydrogen (secondary N) is 1. The maximum Gasteiger partial charge on any atom is 0.319 e. The van der Waals surface area contributed by atoms with Crippen molar-refractivity contribution in [1.29, 1.82) is 0 Å². The fourth-order valence-corrected chi connectivity index (χ4v) is 8.49. The first kappa shape index (κ1) is 29.5. The Kier molecular flexibility index (Phi) is 6.43. The summed E-state index contributed by atoms with van der Waals surface area (Å²) in [6, 6.07) is 5.60. The predicted molar refractivity (Wildman–Crippen MR) is 177 cm³/mol. The molecule has 2 aromatic heterocycles. The summed E-state index contributed by atoms with van der Waals surface area (Å²) in [5, 5.41) is 20.9. The van der Waals surface area contributed by atoms with Gasteiger partial charge in [-0.25, -0.2) is 13.2 Å². The minimum Gasteiger partial charge on any atom is -0.508 e. The number of aryl methyl sites for hydroxylation is 1. The molecule has 5 aromatic rings. The molecule has 3 aromatic carbocycles. The van der Waals surface area contributed by atoms with Gasteiger partial charge in [0, 0.05) is 67.7 Å². The van der Waals surface area contributed by atoms with E-state index in [0.717, 1.165) is 38.8 Å². The molecule has 4 fully saturated rings. The third kappa shape index (κ3) is 4.44. The standard InChI is InChI=1S/C36H34F3N7O2/c1-3-23-26(38)6-5-20-13-22(47)14-24(27(20)23)28-30(39)32-29(25-17-44(2)43-31(25)28)33(45-12-10-40-35(18-45)8-9-35)42-34(41-32)48-19-36-7-4-11-46(36)16-21(37)15-36/h1,5-6,13-14,17,21,40,47H,4,7-12,15-16,18-19H2,2H3/t21-,36+/m1/s1. The zero-order chi connectivity index (χ0) is 32.9. The van der Waals surface area contributed by atoms with E-state index in [9.17, 15) is 9.50 Å². The largest absolute Gasteiger partial charge is 0.508 e. The molecule has 12 heteroatoms. The van der Waals surface area contributed by atoms with Crippen molar-refractivity contribution in [1.82, 2.24) is 30.0 Å². The highest BCUT2D eigenvalue weighted by atomic mass is 19.1. The number of hydrogen-bond donors (Lipinski definition) is 2. The quantitative estimate of drug-likeness (QED) is 0.251. The molecule has 48 heavy (non-hydrogen) atoms. The van der Waals surface area contributed by atoms with Crippen LogP contribution >= 0.6 is 0 Å². The van der Waals surface area contributed by atoms with Gasteiger partial charge in [0.2, 0.25) is 0 Å². The van der Waals surface area contributed by atoms with Crippen LogP contribution in [-0.2, 0) is 7.05 Å². The minimum absolute atomic E-state index is 0.00799. The maximum atomic E-state index is 17.5. The molecule has 0 unspecified atom stereocenters. The Balaban J connectivity index is 1.30. The highest BCUT2D eigenvalue weighted by Gasteiger charge is 2.50. The van der Waals surface area contributed by atoms with Crippen molar-refractivity contribution in [2.24, 2.45) is 7.05 Å². The number of terminal acetylenes is 1. The first-order valence-electron chi connectivity index (χ1n) is 16.5. The summed E-state index contributed by atoms with van der Waals surface area (Å²) in [6.45, 7) is 3.45. The van der Waals surface area contributed by atoms with Gasteiger partial charge in [0.05, 0.1) is 16.5 Å². The number of phenolic OH excluding ortho intramolecular Hbond substituents is 1. The Morgan fingerprint density at radius 2 is 1.98 bits per heavy atom. The lowest BCUT2D eigenvalue weighted by molar-refractivity contribution is 0.107. The first-order valence-corrected chi connectivity index (χ1v) is 16.5. The van der Waals surface area contributed by atoms with Crippen molar-refractivity contribution >= 4 is 38.4 Å². The molecule has 4 aliphatic rings. The lowest BCUT2D eigenvalue weighted by Crippen LogP contribution is -2.52. The predicted octanol–water partition coefficient (Wildman–Crippen LogP) is 5.20. The number of halogens is 3. The summed E-state index contributed by atoms with van der Waals surface area (Å²) in [4.78, 5) is 14.0. The molecule has 5 heterocycles. The van der Waals surface area contributed by atoms with E-state index in [1.54, 1.807) is 17.9 Å². The molecule has 1 saturated carbocycles. The molecule has 246 valence electrons. The molecular weight excluding hydrogens is 619 g/mol. The Bertz CT molecular complexity index is 2210. The zero-order valence-corrected chi connectivity index (χ0v) is 26.5. The second-order valence-corrected chi connectivity index (χ2v) is 14.0. The van der Waals surface area contributed by atoms with E-state index in [1.165, 1.54) is 24.3 Å². The summed E-state index contributed by atoms with van der Waals surface area (Å²) >= 11 is 0. The van der Waals surface area contributed by atoms with Crippen LogP contribution in [0.25, 0.3) is 43.7 Å². The minimum atomic E-state index is -0.925. The number of piperazine rings is 1. The van der Waals surface area contributed by atoms with Gasteiger partial charge in [-0.2, -0.15) is 15.1 Å². The van der Waals surface area contributed by atoms with Crippen LogP contribution in [0.2, 0.25) is 0 Å². The summed E-state index contributed by atoms with van der Waals surface area (Å²) in [5.74, 6) is 1.48. The van der Waals surface area contributed by atoms with Gasteiger partial charge in [0.15, 0.2) is 5.82 Å². The monoisotopic (exact) mass is 653 g/mol. The van der Waals surface area contributed by atoms with Crippen LogP contribution in [0.3, 0.4) is 0 Å². The maximum absolute atomic E-state index is 17.5. The molecule has 9 nitrogen and oxygen atoms in total. The molecule has 2 atom stereocenters. The van der Waals surface area contributed by atoms with Gasteiger partial charge in [0.1, 0.15) is 41.2 Å². The summed E-state index contributed by atoms with van der Waals surface area (Å²) in [7, 11) is 1.75. The molecule has 0 amide bonds. The van der Waals surface area contributed by atoms with Crippen LogP contribution < -0.4 is 15.0 Å². The van der Waals surface area contributed by atoms with E-state index in [2.05, 4.69) is 26.1 Å². The van der Waals surface area contributed by atoms with Crippen LogP contribution in [0, 0.1) is 24.0 Å². The van der Waals surface area contributed by atoms with Gasteiger partial charge in [-0.15, -0.1) is 6.42 Å². The number of hydrogen-bond acceptors (Lipinski definition) is 8. The van der Waals surface area contributed by atoms with Gasteiger partial charge >= 0.3 is 6.01 Å². The van der Waals surface area contributed by atoms with Crippen molar-refractivity contribution in [3.05, 3.63) is 47.7 Å². The number of alkyl halides is 1. The van der Waals surface area contributed by atoms with Gasteiger partial charge in [-0.05, 0) is 61.4 Å². The number of rotatable bonds is 5. The Morgan fingerprint density at radius 1 is 1.12 bits per heavy atom. The third-order valence-corrected chi connectivity index (χ3v) is 10.9. The van der Waals surface area contributed by atoms with Crippen molar-refractivity contribution < 1.29 is 23.0 Å². The number of aromatic nitrogens is 4. The average Bonchev–Trinajstić information content (AvgIpc) is 3.34. The van der Waals surface area contributed by atoms with Crippen LogP contribution in [0.1, 0.15) is 37.7 Å². The van der Waals surface area contributed by atoms with Crippen molar-refractivity contribution in [2.75, 3.05) is 44.2 Å². The molecule has 0 bridgehead atoms. The van der Waals surface area contributed by atoms with Gasteiger partial charge in [-0.1, -0.05) is 12.0 Å². The summed E-state index contributed by atoms with van der Waals surface area (Å²) < 4.78 is 55.1. The van der Waals surface area contributed by atoms with Crippen LogP contribution in [-0.4, -0.2) is 86.3 Å². The van der Waals surface area contributed by atoms with E-state index in [0.29, 0.717) is 53.5 Å². The van der Waals surface area contributed by atoms with Crippen LogP contribution in [0.15, 0.2) is 30.5 Å². The van der Waals surface area contributed by atoms with E-state index >= 15 is 8.78 Å². The number of phenols is 1. The molecule has 0 radical (unpaired) electrons. The SMILES string of the molecule is C#Cc1c(F)ccc2cc(O)cc(-c3c(F)c4nc(OC[C@@]56CCCN5C[C@H](F)C6)nc(N5CCNC6(CC6)C5)c4c4cn(C)nc34)c12. The van der Waals surface area contributed by atoms with Crippen molar-refractivity contribution in [2.45, 2.75) is 49.4 Å².